The second kappa shape index (κ2) is 7.38. The number of benzene rings is 1. The van der Waals surface area contributed by atoms with Gasteiger partial charge in [-0.05, 0) is 25.5 Å². The molecule has 1 rings (SSSR count). The van der Waals surface area contributed by atoms with Crippen molar-refractivity contribution in [3.63, 3.8) is 0 Å². The average Bonchev–Trinajstić information content (AvgIpc) is 2.32. The Hall–Kier alpha value is -0.200. The highest BCUT2D eigenvalue weighted by Gasteiger charge is 2.51. The lowest BCUT2D eigenvalue weighted by molar-refractivity contribution is 0.0557. The van der Waals surface area contributed by atoms with Crippen molar-refractivity contribution in [1.82, 2.24) is 0 Å². The van der Waals surface area contributed by atoms with E-state index in [4.69, 9.17) is 9.79 Å². The maximum atomic E-state index is 13.6. The summed E-state index contributed by atoms with van der Waals surface area (Å²) in [5.74, 6) is 1.45. The zero-order chi connectivity index (χ0) is 16.3. The molecule has 0 unspecified atom stereocenters. The van der Waals surface area contributed by atoms with Gasteiger partial charge in [0, 0.05) is 21.5 Å². The third kappa shape index (κ3) is 5.18. The van der Waals surface area contributed by atoms with Crippen molar-refractivity contribution in [2.45, 2.75) is 25.3 Å². The molecule has 0 aromatic heterocycles. The Balaban J connectivity index is 2.87. The molecule has 0 saturated heterocycles. The predicted molar refractivity (Wildman–Crippen MR) is 85.7 cm³/mol. The van der Waals surface area contributed by atoms with Crippen molar-refractivity contribution in [1.29, 1.82) is 0 Å². The maximum absolute atomic E-state index is 13.6. The van der Waals surface area contributed by atoms with E-state index < -0.39 is 18.8 Å². The van der Waals surface area contributed by atoms with Crippen LogP contribution in [0.1, 0.15) is 25.0 Å². The molecule has 8 heteroatoms. The maximum Gasteiger partial charge on any atom is 0.399 e. The molecule has 0 amide bonds. The zero-order valence-corrected chi connectivity index (χ0v) is 14.8. The first-order chi connectivity index (χ1) is 9.55. The summed E-state index contributed by atoms with van der Waals surface area (Å²) in [6.07, 6.45) is 2.07. The van der Waals surface area contributed by atoms with Crippen LogP contribution >= 0.6 is 35.3 Å². The van der Waals surface area contributed by atoms with Gasteiger partial charge >= 0.3 is 13.3 Å². The minimum atomic E-state index is -5.55. The van der Waals surface area contributed by atoms with Crippen LogP contribution in [0.5, 0.6) is 0 Å². The third-order valence-electron chi connectivity index (χ3n) is 2.60. The standard InChI is InChI=1S/C13H16BrF2O3PS/c1-9(2)5-6-21-8-10-3-4-11(12(14)7-10)13(15,16)20(17,18)19/h3-5,7H,6,8H2,1-2H3,(H2,17,18,19). The number of allylic oxidation sites excluding steroid dienone is 1. The van der Waals surface area contributed by atoms with Crippen molar-refractivity contribution in [3.8, 4) is 0 Å². The molecule has 118 valence electrons. The van der Waals surface area contributed by atoms with Crippen LogP contribution in [-0.4, -0.2) is 15.5 Å². The number of halogens is 3. The van der Waals surface area contributed by atoms with Crippen LogP contribution in [-0.2, 0) is 16.0 Å². The van der Waals surface area contributed by atoms with Gasteiger partial charge in [-0.25, -0.2) is 0 Å². The number of hydrogen-bond acceptors (Lipinski definition) is 2. The van der Waals surface area contributed by atoms with Gasteiger partial charge in [-0.1, -0.05) is 39.7 Å². The monoisotopic (exact) mass is 400 g/mol. The van der Waals surface area contributed by atoms with Crippen LogP contribution < -0.4 is 0 Å². The molecule has 21 heavy (non-hydrogen) atoms. The molecule has 0 saturated carbocycles. The molecule has 0 spiro atoms. The fraction of sp³-hybridized carbons (Fsp3) is 0.385. The fourth-order valence-electron chi connectivity index (χ4n) is 1.45. The lowest BCUT2D eigenvalue weighted by atomic mass is 10.1. The predicted octanol–water partition coefficient (Wildman–Crippen LogP) is 4.88. The summed E-state index contributed by atoms with van der Waals surface area (Å²) in [6, 6.07) is 3.98. The Kier molecular flexibility index (Phi) is 6.62. The first-order valence-electron chi connectivity index (χ1n) is 5.99. The Labute approximate surface area is 135 Å². The molecule has 0 aliphatic carbocycles. The Morgan fingerprint density at radius 3 is 2.52 bits per heavy atom. The van der Waals surface area contributed by atoms with E-state index >= 15 is 0 Å². The molecule has 2 N–H and O–H groups in total. The lowest BCUT2D eigenvalue weighted by Crippen LogP contribution is -2.14. The van der Waals surface area contributed by atoms with Gasteiger partial charge in [0.15, 0.2) is 0 Å². The highest BCUT2D eigenvalue weighted by molar-refractivity contribution is 9.10. The Morgan fingerprint density at radius 2 is 2.05 bits per heavy atom. The molecule has 0 bridgehead atoms. The van der Waals surface area contributed by atoms with Crippen molar-refractivity contribution >= 4 is 35.3 Å². The average molecular weight is 401 g/mol. The minimum Gasteiger partial charge on any atom is -0.320 e. The topological polar surface area (TPSA) is 57.5 Å². The van der Waals surface area contributed by atoms with Gasteiger partial charge in [-0.2, -0.15) is 20.5 Å². The van der Waals surface area contributed by atoms with E-state index in [-0.39, 0.29) is 4.47 Å². The number of alkyl halides is 2. The SMILES string of the molecule is CC(C)=CCSCc1ccc(C(F)(F)P(=O)(O)O)c(Br)c1. The fourth-order valence-corrected chi connectivity index (χ4v) is 3.77. The summed E-state index contributed by atoms with van der Waals surface area (Å²) in [6.45, 7) is 3.99. The van der Waals surface area contributed by atoms with E-state index in [1.807, 2.05) is 13.8 Å². The third-order valence-corrected chi connectivity index (χ3v) is 5.17. The smallest absolute Gasteiger partial charge is 0.320 e. The summed E-state index contributed by atoms with van der Waals surface area (Å²) >= 11 is 4.59. The number of hydrogen-bond donors (Lipinski definition) is 2. The van der Waals surface area contributed by atoms with E-state index in [2.05, 4.69) is 22.0 Å². The first kappa shape index (κ1) is 18.8. The molecule has 0 heterocycles. The molecule has 0 radical (unpaired) electrons. The van der Waals surface area contributed by atoms with E-state index in [0.717, 1.165) is 17.4 Å². The van der Waals surface area contributed by atoms with E-state index in [1.54, 1.807) is 11.8 Å². The Bertz CT molecular complexity index is 583. The molecular formula is C13H16BrF2O3PS. The van der Waals surface area contributed by atoms with E-state index in [9.17, 15) is 13.3 Å². The van der Waals surface area contributed by atoms with Gasteiger partial charge in [0.2, 0.25) is 0 Å². The summed E-state index contributed by atoms with van der Waals surface area (Å²) in [4.78, 5) is 17.5. The minimum absolute atomic E-state index is 0.00357. The molecule has 3 nitrogen and oxygen atoms in total. The largest absolute Gasteiger partial charge is 0.399 e. The van der Waals surface area contributed by atoms with Gasteiger partial charge in [-0.3, -0.25) is 4.57 Å². The van der Waals surface area contributed by atoms with Crippen LogP contribution in [0.4, 0.5) is 8.78 Å². The van der Waals surface area contributed by atoms with Crippen LogP contribution in [0.15, 0.2) is 34.3 Å². The molecular weight excluding hydrogens is 385 g/mol. The highest BCUT2D eigenvalue weighted by Crippen LogP contribution is 2.60. The van der Waals surface area contributed by atoms with Crippen molar-refractivity contribution in [3.05, 3.63) is 45.4 Å². The van der Waals surface area contributed by atoms with Gasteiger partial charge in [0.05, 0.1) is 0 Å². The summed E-state index contributed by atoms with van der Waals surface area (Å²) in [5.41, 5.74) is -2.88. The molecule has 0 aliphatic rings. The summed E-state index contributed by atoms with van der Waals surface area (Å²) in [7, 11) is -5.55. The van der Waals surface area contributed by atoms with Gasteiger partial charge in [0.1, 0.15) is 0 Å². The van der Waals surface area contributed by atoms with Crippen molar-refractivity contribution in [2.24, 2.45) is 0 Å². The van der Waals surface area contributed by atoms with Gasteiger partial charge in [0.25, 0.3) is 0 Å². The highest BCUT2D eigenvalue weighted by atomic mass is 79.9. The molecule has 0 atom stereocenters. The number of rotatable bonds is 6. The normalized spacial score (nSPS) is 12.3. The molecule has 1 aromatic carbocycles. The summed E-state index contributed by atoms with van der Waals surface area (Å²) < 4.78 is 38.2. The van der Waals surface area contributed by atoms with Crippen LogP contribution in [0.25, 0.3) is 0 Å². The van der Waals surface area contributed by atoms with Crippen molar-refractivity contribution < 1.29 is 23.1 Å². The molecule has 0 aliphatic heterocycles. The van der Waals surface area contributed by atoms with E-state index in [1.165, 1.54) is 17.7 Å². The first-order valence-corrected chi connectivity index (χ1v) is 9.55. The molecule has 1 aromatic rings. The second-order valence-electron chi connectivity index (χ2n) is 4.70. The Morgan fingerprint density at radius 1 is 1.43 bits per heavy atom. The van der Waals surface area contributed by atoms with E-state index in [0.29, 0.717) is 5.75 Å². The quantitative estimate of drug-likeness (QED) is 0.406. The molecule has 0 fully saturated rings. The van der Waals surface area contributed by atoms with Gasteiger partial charge in [-0.15, -0.1) is 0 Å². The zero-order valence-electron chi connectivity index (χ0n) is 11.5. The van der Waals surface area contributed by atoms with Crippen LogP contribution in [0.2, 0.25) is 0 Å². The second-order valence-corrected chi connectivity index (χ2v) is 8.23. The summed E-state index contributed by atoms with van der Waals surface area (Å²) in [5, 5.41) is 0. The van der Waals surface area contributed by atoms with Crippen molar-refractivity contribution in [2.75, 3.05) is 5.75 Å². The lowest BCUT2D eigenvalue weighted by Gasteiger charge is -2.19. The van der Waals surface area contributed by atoms with Crippen LogP contribution in [0.3, 0.4) is 0 Å². The number of thioether (sulfide) groups is 1. The van der Waals surface area contributed by atoms with Crippen LogP contribution in [0, 0.1) is 0 Å². The van der Waals surface area contributed by atoms with Gasteiger partial charge < -0.3 is 9.79 Å².